The van der Waals surface area contributed by atoms with E-state index in [1.54, 1.807) is 10.6 Å². The maximum atomic E-state index is 2.44. The molecule has 2 aromatic rings. The summed E-state index contributed by atoms with van der Waals surface area (Å²) in [5, 5.41) is 3.26. The Bertz CT molecular complexity index is 675. The highest BCUT2D eigenvalue weighted by atomic mass is 31.1. The number of rotatable bonds is 11. The van der Waals surface area contributed by atoms with Gasteiger partial charge in [0.1, 0.15) is 0 Å². The van der Waals surface area contributed by atoms with Crippen molar-refractivity contribution in [3.8, 4) is 11.1 Å². The molecule has 0 saturated heterocycles. The summed E-state index contributed by atoms with van der Waals surface area (Å²) in [5.74, 6) is 2.99. The molecule has 166 valence electrons. The van der Waals surface area contributed by atoms with E-state index in [-0.39, 0.29) is 15.8 Å². The maximum absolute atomic E-state index is 2.44. The smallest absolute Gasteiger partial charge is 0.0101 e. The van der Waals surface area contributed by atoms with E-state index >= 15 is 0 Å². The average Bonchev–Trinajstić information content (AvgIpc) is 2.65. The Labute approximate surface area is 189 Å². The summed E-state index contributed by atoms with van der Waals surface area (Å²) in [5.41, 5.74) is 3.03. The molecule has 0 aliphatic carbocycles. The summed E-state index contributed by atoms with van der Waals surface area (Å²) in [4.78, 5) is 0. The molecule has 0 amide bonds. The van der Waals surface area contributed by atoms with Gasteiger partial charge < -0.3 is 0 Å². The van der Waals surface area contributed by atoms with Gasteiger partial charge in [-0.3, -0.25) is 0 Å². The highest BCUT2D eigenvalue weighted by Gasteiger charge is 2.22. The minimum absolute atomic E-state index is 0.137. The van der Waals surface area contributed by atoms with Gasteiger partial charge in [0, 0.05) is 0 Å². The van der Waals surface area contributed by atoms with Crippen LogP contribution in [0.3, 0.4) is 0 Å². The van der Waals surface area contributed by atoms with Crippen LogP contribution in [0.15, 0.2) is 48.5 Å². The Morgan fingerprint density at radius 3 is 1.00 bits per heavy atom. The van der Waals surface area contributed by atoms with Crippen molar-refractivity contribution in [2.24, 2.45) is 23.7 Å². The van der Waals surface area contributed by atoms with Gasteiger partial charge >= 0.3 is 0 Å². The van der Waals surface area contributed by atoms with Crippen molar-refractivity contribution in [2.75, 3.05) is 24.6 Å². The van der Waals surface area contributed by atoms with Crippen molar-refractivity contribution < 1.29 is 0 Å². The summed E-state index contributed by atoms with van der Waals surface area (Å²) in [6.45, 7) is 19.1. The molecule has 0 heterocycles. The first-order valence-electron chi connectivity index (χ1n) is 11.9. The molecular formula is C28H44P2. The van der Waals surface area contributed by atoms with Crippen LogP contribution in [0, 0.1) is 23.7 Å². The minimum Gasteiger partial charge on any atom is -0.0741 e. The highest BCUT2D eigenvalue weighted by molar-refractivity contribution is 7.66. The molecule has 0 aromatic heterocycles. The lowest BCUT2D eigenvalue weighted by atomic mass is 10.1. The molecule has 0 bridgehead atoms. The van der Waals surface area contributed by atoms with Gasteiger partial charge in [-0.25, -0.2) is 0 Å². The molecule has 0 aliphatic heterocycles. The van der Waals surface area contributed by atoms with E-state index in [4.69, 9.17) is 0 Å². The van der Waals surface area contributed by atoms with Crippen molar-refractivity contribution in [1.82, 2.24) is 0 Å². The molecule has 0 saturated carbocycles. The van der Waals surface area contributed by atoms with Gasteiger partial charge in [-0.2, -0.15) is 0 Å². The highest BCUT2D eigenvalue weighted by Crippen LogP contribution is 2.45. The lowest BCUT2D eigenvalue weighted by Crippen LogP contribution is -2.19. The van der Waals surface area contributed by atoms with E-state index in [2.05, 4.69) is 104 Å². The fourth-order valence-electron chi connectivity index (χ4n) is 4.26. The van der Waals surface area contributed by atoms with Crippen LogP contribution >= 0.6 is 15.8 Å². The molecule has 0 radical (unpaired) electrons. The van der Waals surface area contributed by atoms with Crippen LogP contribution in [0.4, 0.5) is 0 Å². The monoisotopic (exact) mass is 442 g/mol. The van der Waals surface area contributed by atoms with E-state index in [9.17, 15) is 0 Å². The van der Waals surface area contributed by atoms with Crippen LogP contribution in [0.2, 0.25) is 0 Å². The molecule has 0 unspecified atom stereocenters. The van der Waals surface area contributed by atoms with Gasteiger partial charge in [0.05, 0.1) is 0 Å². The third kappa shape index (κ3) is 7.77. The second-order valence-corrected chi connectivity index (χ2v) is 15.0. The predicted molar refractivity (Wildman–Crippen MR) is 144 cm³/mol. The van der Waals surface area contributed by atoms with Gasteiger partial charge in [0.15, 0.2) is 0 Å². The van der Waals surface area contributed by atoms with Crippen LogP contribution < -0.4 is 10.6 Å². The third-order valence-corrected chi connectivity index (χ3v) is 11.9. The van der Waals surface area contributed by atoms with Gasteiger partial charge in [0.2, 0.25) is 0 Å². The average molecular weight is 443 g/mol. The Morgan fingerprint density at radius 2 is 0.733 bits per heavy atom. The van der Waals surface area contributed by atoms with E-state index in [0.717, 1.165) is 23.7 Å². The molecule has 30 heavy (non-hydrogen) atoms. The topological polar surface area (TPSA) is 0 Å². The first-order valence-corrected chi connectivity index (χ1v) is 15.3. The second kappa shape index (κ2) is 12.4. The van der Waals surface area contributed by atoms with E-state index in [1.165, 1.54) is 35.8 Å². The van der Waals surface area contributed by atoms with Crippen LogP contribution in [-0.2, 0) is 0 Å². The van der Waals surface area contributed by atoms with Gasteiger partial charge in [-0.1, -0.05) is 120 Å². The number of hydrogen-bond acceptors (Lipinski definition) is 0. The molecule has 0 nitrogen and oxygen atoms in total. The largest absolute Gasteiger partial charge is 0.0741 e. The molecule has 0 atom stereocenters. The normalized spacial score (nSPS) is 12.3. The van der Waals surface area contributed by atoms with Crippen molar-refractivity contribution in [3.05, 3.63) is 48.5 Å². The van der Waals surface area contributed by atoms with Crippen LogP contribution in [0.1, 0.15) is 55.4 Å². The quantitative estimate of drug-likeness (QED) is 0.308. The molecule has 0 fully saturated rings. The van der Waals surface area contributed by atoms with E-state index < -0.39 is 0 Å². The molecule has 2 rings (SSSR count). The lowest BCUT2D eigenvalue weighted by molar-refractivity contribution is 0.721. The Hall–Kier alpha value is -0.700. The molecule has 0 N–H and O–H groups in total. The Morgan fingerprint density at radius 1 is 0.467 bits per heavy atom. The maximum Gasteiger partial charge on any atom is -0.0101 e. The van der Waals surface area contributed by atoms with Crippen molar-refractivity contribution >= 4 is 26.5 Å². The van der Waals surface area contributed by atoms with Crippen LogP contribution in [0.5, 0.6) is 0 Å². The van der Waals surface area contributed by atoms with Crippen molar-refractivity contribution in [2.45, 2.75) is 55.4 Å². The molecule has 2 heteroatoms. The minimum atomic E-state index is -0.137. The fourth-order valence-corrected chi connectivity index (χ4v) is 10.5. The summed E-state index contributed by atoms with van der Waals surface area (Å²) >= 11 is 0. The third-order valence-electron chi connectivity index (χ3n) is 5.12. The zero-order valence-electron chi connectivity index (χ0n) is 20.7. The zero-order valence-corrected chi connectivity index (χ0v) is 22.4. The van der Waals surface area contributed by atoms with E-state index in [0.29, 0.717) is 0 Å². The number of benzene rings is 2. The lowest BCUT2D eigenvalue weighted by Gasteiger charge is -2.28. The Balaban J connectivity index is 2.57. The molecule has 2 aromatic carbocycles. The molecule has 0 aliphatic rings. The fraction of sp³-hybridized carbons (Fsp3) is 0.571. The first kappa shape index (κ1) is 25.6. The second-order valence-electron chi connectivity index (χ2n) is 10.4. The SMILES string of the molecule is CC(C)CP(CC(C)C)c1ccccc1-c1ccccc1P(CC(C)C)CC(C)C. The van der Waals surface area contributed by atoms with Crippen LogP contribution in [0.25, 0.3) is 11.1 Å². The van der Waals surface area contributed by atoms with Crippen LogP contribution in [-0.4, -0.2) is 24.6 Å². The summed E-state index contributed by atoms with van der Waals surface area (Å²) in [7, 11) is -0.274. The summed E-state index contributed by atoms with van der Waals surface area (Å²) in [6, 6.07) is 18.7. The number of hydrogen-bond donors (Lipinski definition) is 0. The molecule has 0 spiro atoms. The van der Waals surface area contributed by atoms with Gasteiger partial charge in [0.25, 0.3) is 0 Å². The van der Waals surface area contributed by atoms with Gasteiger partial charge in [-0.15, -0.1) is 0 Å². The standard InChI is InChI=1S/C28H44P2/c1-21(2)17-29(18-22(3)4)27-15-11-9-13-25(27)26-14-10-12-16-28(26)30(19-23(5)6)20-24(7)8/h9-16,21-24H,17-20H2,1-8H3. The summed E-state index contributed by atoms with van der Waals surface area (Å²) < 4.78 is 0. The molecular weight excluding hydrogens is 398 g/mol. The van der Waals surface area contributed by atoms with Crippen molar-refractivity contribution in [3.63, 3.8) is 0 Å². The summed E-state index contributed by atoms with van der Waals surface area (Å²) in [6.07, 6.45) is 5.33. The zero-order chi connectivity index (χ0) is 22.3. The van der Waals surface area contributed by atoms with Gasteiger partial charge in [-0.05, 0) is 70.1 Å². The Kier molecular flexibility index (Phi) is 10.5. The van der Waals surface area contributed by atoms with Crippen molar-refractivity contribution in [1.29, 1.82) is 0 Å². The predicted octanol–water partition coefficient (Wildman–Crippen LogP) is 8.19. The van der Waals surface area contributed by atoms with E-state index in [1.807, 2.05) is 0 Å². The first-order chi connectivity index (χ1) is 14.2.